The molecule has 7 heteroatoms. The number of amides is 1. The molecule has 25 heavy (non-hydrogen) atoms. The molecule has 1 amide bonds. The summed E-state index contributed by atoms with van der Waals surface area (Å²) in [6.45, 7) is 5.20. The Morgan fingerprint density at radius 2 is 2.20 bits per heavy atom. The van der Waals surface area contributed by atoms with Crippen molar-refractivity contribution in [2.45, 2.75) is 57.2 Å². The molecule has 0 unspecified atom stereocenters. The molecule has 2 rings (SSSR count). The van der Waals surface area contributed by atoms with Crippen LogP contribution in [0.25, 0.3) is 0 Å². The summed E-state index contributed by atoms with van der Waals surface area (Å²) in [5, 5.41) is 6.53. The average Bonchev–Trinajstić information content (AvgIpc) is 3.27. The van der Waals surface area contributed by atoms with Crippen LogP contribution in [0.3, 0.4) is 0 Å². The first-order valence-electron chi connectivity index (χ1n) is 9.45. The molecular weight excluding hydrogens is 338 g/mol. The van der Waals surface area contributed by atoms with E-state index in [0.29, 0.717) is 18.4 Å². The largest absolute Gasteiger partial charge is 0.467 e. The number of nitrogens with zero attached hydrogens (tertiary/aromatic N) is 1. The van der Waals surface area contributed by atoms with Crippen molar-refractivity contribution in [2.24, 2.45) is 5.92 Å². The third kappa shape index (κ3) is 5.59. The van der Waals surface area contributed by atoms with E-state index in [1.165, 1.54) is 20.0 Å². The number of carbonyl (C=O) groups excluding carboxylic acids is 2. The molecule has 4 atom stereocenters. The number of carbonyl (C=O) groups is 2. The number of methoxy groups -OCH3 is 1. The molecule has 2 aliphatic rings. The summed E-state index contributed by atoms with van der Waals surface area (Å²) in [6.07, 6.45) is 6.91. The van der Waals surface area contributed by atoms with Crippen molar-refractivity contribution in [3.05, 3.63) is 0 Å². The fourth-order valence-corrected chi connectivity index (χ4v) is 4.48. The molecule has 0 aliphatic carbocycles. The standard InChI is InChI=1S/C18H33N3O3S/c1-4-13-7-9-19-15(13)12-21-10-5-6-16(21)17(22)20-14(8-11-25-3)18(23)24-2/h13-16,19H,4-12H2,1-3H3,(H,20,22)/t13-,14-,15+,16-/m0/s1. The van der Waals surface area contributed by atoms with Crippen molar-refractivity contribution < 1.29 is 14.3 Å². The monoisotopic (exact) mass is 371 g/mol. The third-order valence-corrected chi connectivity index (χ3v) is 6.17. The first kappa shape index (κ1) is 20.5. The molecule has 0 aromatic rings. The highest BCUT2D eigenvalue weighted by molar-refractivity contribution is 7.98. The smallest absolute Gasteiger partial charge is 0.328 e. The molecule has 0 bridgehead atoms. The summed E-state index contributed by atoms with van der Waals surface area (Å²) >= 11 is 1.66. The van der Waals surface area contributed by atoms with Gasteiger partial charge in [0.2, 0.25) is 5.91 Å². The minimum Gasteiger partial charge on any atom is -0.467 e. The summed E-state index contributed by atoms with van der Waals surface area (Å²) < 4.78 is 4.85. The first-order chi connectivity index (χ1) is 12.1. The van der Waals surface area contributed by atoms with E-state index in [2.05, 4.69) is 22.5 Å². The highest BCUT2D eigenvalue weighted by atomic mass is 32.2. The Morgan fingerprint density at radius 1 is 1.40 bits per heavy atom. The molecule has 0 aromatic carbocycles. The lowest BCUT2D eigenvalue weighted by Gasteiger charge is -2.30. The van der Waals surface area contributed by atoms with Gasteiger partial charge in [0, 0.05) is 12.6 Å². The van der Waals surface area contributed by atoms with Crippen LogP contribution in [0.15, 0.2) is 0 Å². The zero-order chi connectivity index (χ0) is 18.2. The van der Waals surface area contributed by atoms with Gasteiger partial charge in [-0.2, -0.15) is 11.8 Å². The Bertz CT molecular complexity index is 449. The Labute approximate surface area is 155 Å². The number of nitrogens with one attached hydrogen (secondary N) is 2. The van der Waals surface area contributed by atoms with E-state index in [0.717, 1.165) is 38.2 Å². The fourth-order valence-electron chi connectivity index (χ4n) is 4.01. The zero-order valence-electron chi connectivity index (χ0n) is 15.8. The van der Waals surface area contributed by atoms with Crippen molar-refractivity contribution in [1.82, 2.24) is 15.5 Å². The Kier molecular flexibility index (Phi) is 8.52. The molecule has 2 N–H and O–H groups in total. The molecule has 2 heterocycles. The minimum atomic E-state index is -0.541. The first-order valence-corrected chi connectivity index (χ1v) is 10.8. The predicted molar refractivity (Wildman–Crippen MR) is 102 cm³/mol. The van der Waals surface area contributed by atoms with E-state index in [-0.39, 0.29) is 17.9 Å². The maximum absolute atomic E-state index is 12.8. The normalized spacial score (nSPS) is 28.0. The number of esters is 1. The van der Waals surface area contributed by atoms with Gasteiger partial charge in [-0.1, -0.05) is 13.3 Å². The molecule has 0 saturated carbocycles. The molecule has 2 aliphatic heterocycles. The molecule has 0 aromatic heterocycles. The minimum absolute atomic E-state index is 0.0277. The maximum Gasteiger partial charge on any atom is 0.328 e. The van der Waals surface area contributed by atoms with E-state index < -0.39 is 6.04 Å². The fraction of sp³-hybridized carbons (Fsp3) is 0.889. The van der Waals surface area contributed by atoms with E-state index in [4.69, 9.17) is 4.74 Å². The Morgan fingerprint density at radius 3 is 2.88 bits per heavy atom. The number of hydrogen-bond acceptors (Lipinski definition) is 6. The lowest BCUT2D eigenvalue weighted by Crippen LogP contribution is -2.52. The lowest BCUT2D eigenvalue weighted by atomic mass is 9.97. The topological polar surface area (TPSA) is 70.7 Å². The lowest BCUT2D eigenvalue weighted by molar-refractivity contribution is -0.145. The summed E-state index contributed by atoms with van der Waals surface area (Å²) in [5.74, 6) is 1.14. The van der Waals surface area contributed by atoms with Crippen LogP contribution in [-0.4, -0.2) is 73.7 Å². The van der Waals surface area contributed by atoms with Crippen molar-refractivity contribution in [3.8, 4) is 0 Å². The van der Waals surface area contributed by atoms with E-state index >= 15 is 0 Å². The van der Waals surface area contributed by atoms with Crippen molar-refractivity contribution in [3.63, 3.8) is 0 Å². The number of ether oxygens (including phenoxy) is 1. The van der Waals surface area contributed by atoms with Crippen molar-refractivity contribution in [2.75, 3.05) is 38.8 Å². The molecule has 2 saturated heterocycles. The van der Waals surface area contributed by atoms with Gasteiger partial charge < -0.3 is 15.4 Å². The molecule has 0 spiro atoms. The number of likely N-dealkylation sites (tertiary alicyclic amines) is 1. The van der Waals surface area contributed by atoms with E-state index in [1.54, 1.807) is 11.8 Å². The molecule has 0 radical (unpaired) electrons. The van der Waals surface area contributed by atoms with Crippen molar-refractivity contribution >= 4 is 23.6 Å². The molecule has 2 fully saturated rings. The second-order valence-corrected chi connectivity index (χ2v) is 8.02. The second-order valence-electron chi connectivity index (χ2n) is 7.04. The maximum atomic E-state index is 12.8. The van der Waals surface area contributed by atoms with Gasteiger partial charge in [0.15, 0.2) is 0 Å². The van der Waals surface area contributed by atoms with Crippen LogP contribution >= 0.6 is 11.8 Å². The summed E-state index contributed by atoms with van der Waals surface area (Å²) in [4.78, 5) is 27.0. The van der Waals surface area contributed by atoms with Gasteiger partial charge in [-0.15, -0.1) is 0 Å². The molecule has 6 nitrogen and oxygen atoms in total. The van der Waals surface area contributed by atoms with Crippen LogP contribution in [0.4, 0.5) is 0 Å². The number of thioether (sulfide) groups is 1. The van der Waals surface area contributed by atoms with Gasteiger partial charge in [-0.3, -0.25) is 9.69 Å². The molecule has 144 valence electrons. The zero-order valence-corrected chi connectivity index (χ0v) is 16.6. The second kappa shape index (κ2) is 10.4. The van der Waals surface area contributed by atoms with E-state index in [1.807, 2.05) is 6.26 Å². The van der Waals surface area contributed by atoms with Gasteiger partial charge >= 0.3 is 5.97 Å². The highest BCUT2D eigenvalue weighted by Crippen LogP contribution is 2.24. The van der Waals surface area contributed by atoms with Gasteiger partial charge in [-0.25, -0.2) is 4.79 Å². The van der Waals surface area contributed by atoms with Crippen LogP contribution in [0.5, 0.6) is 0 Å². The Hall–Kier alpha value is -0.790. The quantitative estimate of drug-likeness (QED) is 0.595. The SMILES string of the molecule is CC[C@H]1CCN[C@@H]1CN1CCC[C@H]1C(=O)N[C@@H](CCSC)C(=O)OC. The van der Waals surface area contributed by atoms with Crippen LogP contribution in [0, 0.1) is 5.92 Å². The number of hydrogen-bond donors (Lipinski definition) is 2. The summed E-state index contributed by atoms with van der Waals surface area (Å²) in [7, 11) is 1.37. The van der Waals surface area contributed by atoms with Gasteiger partial charge in [0.05, 0.1) is 13.2 Å². The molecular formula is C18H33N3O3S. The third-order valence-electron chi connectivity index (χ3n) is 5.53. The summed E-state index contributed by atoms with van der Waals surface area (Å²) in [5.41, 5.74) is 0. The predicted octanol–water partition coefficient (Wildman–Crippen LogP) is 1.25. The van der Waals surface area contributed by atoms with Gasteiger partial charge in [0.25, 0.3) is 0 Å². The van der Waals surface area contributed by atoms with Crippen LogP contribution in [-0.2, 0) is 14.3 Å². The van der Waals surface area contributed by atoms with Crippen LogP contribution in [0.1, 0.15) is 39.0 Å². The summed E-state index contributed by atoms with van der Waals surface area (Å²) in [6, 6.07) is -0.187. The number of rotatable bonds is 9. The van der Waals surface area contributed by atoms with Gasteiger partial charge in [0.1, 0.15) is 6.04 Å². The van der Waals surface area contributed by atoms with Crippen molar-refractivity contribution in [1.29, 1.82) is 0 Å². The highest BCUT2D eigenvalue weighted by Gasteiger charge is 2.36. The van der Waals surface area contributed by atoms with Crippen LogP contribution in [0.2, 0.25) is 0 Å². The van der Waals surface area contributed by atoms with Crippen LogP contribution < -0.4 is 10.6 Å². The van der Waals surface area contributed by atoms with E-state index in [9.17, 15) is 9.59 Å². The van der Waals surface area contributed by atoms with Gasteiger partial charge in [-0.05, 0) is 56.7 Å². The Balaban J connectivity index is 1.92. The average molecular weight is 372 g/mol.